The highest BCUT2D eigenvalue weighted by molar-refractivity contribution is 5.87. The molecule has 2 rings (SSSR count). The first-order chi connectivity index (χ1) is 20.5. The summed E-state index contributed by atoms with van der Waals surface area (Å²) in [4.78, 5) is 65.3. The Hall–Kier alpha value is -3.83. The zero-order valence-electron chi connectivity index (χ0n) is 27.2. The van der Waals surface area contributed by atoms with Crippen LogP contribution >= 0.6 is 0 Å². The molecule has 2 N–H and O–H groups in total. The number of hydrogen-bond donors (Lipinski definition) is 2. The van der Waals surface area contributed by atoms with Crippen molar-refractivity contribution >= 4 is 30.0 Å². The molecule has 44 heavy (non-hydrogen) atoms. The van der Waals surface area contributed by atoms with Crippen LogP contribution in [0.25, 0.3) is 0 Å². The average Bonchev–Trinajstić information content (AvgIpc) is 2.93. The van der Waals surface area contributed by atoms with Crippen molar-refractivity contribution in [1.82, 2.24) is 15.5 Å². The molecule has 1 aliphatic heterocycles. The molecule has 1 saturated heterocycles. The molecule has 1 aliphatic rings. The Morgan fingerprint density at radius 2 is 1.48 bits per heavy atom. The van der Waals surface area contributed by atoms with Gasteiger partial charge in [-0.3, -0.25) is 9.59 Å². The Bertz CT molecular complexity index is 1120. The molecule has 0 unspecified atom stereocenters. The highest BCUT2D eigenvalue weighted by Crippen LogP contribution is 2.27. The van der Waals surface area contributed by atoms with Gasteiger partial charge in [0.25, 0.3) is 0 Å². The monoisotopic (exact) mass is 619 g/mol. The minimum absolute atomic E-state index is 0.0993. The molecular weight excluding hydrogens is 570 g/mol. The first-order valence-electron chi connectivity index (χ1n) is 15.1. The fraction of sp³-hybridized carbons (Fsp3) is 0.656. The number of carbonyl (C=O) groups excluding carboxylic acids is 5. The number of unbranched alkanes of at least 4 members (excludes halogenated alkanes) is 1. The van der Waals surface area contributed by atoms with Gasteiger partial charge in [0.15, 0.2) is 0 Å². The number of alkyl carbamates (subject to hydrolysis) is 2. The fourth-order valence-corrected chi connectivity index (χ4v) is 4.77. The van der Waals surface area contributed by atoms with Gasteiger partial charge in [-0.15, -0.1) is 0 Å². The minimum Gasteiger partial charge on any atom is -0.467 e. The lowest BCUT2D eigenvalue weighted by Crippen LogP contribution is -2.62. The first kappa shape index (κ1) is 36.4. The number of carbonyl (C=O) groups is 5. The molecule has 1 aromatic rings. The van der Waals surface area contributed by atoms with Crippen molar-refractivity contribution < 1.29 is 42.9 Å². The highest BCUT2D eigenvalue weighted by atomic mass is 16.6. The van der Waals surface area contributed by atoms with E-state index in [-0.39, 0.29) is 44.9 Å². The van der Waals surface area contributed by atoms with Crippen LogP contribution in [-0.2, 0) is 39.9 Å². The Morgan fingerprint density at radius 1 is 0.886 bits per heavy atom. The average molecular weight is 620 g/mol. The molecule has 0 spiro atoms. The third-order valence-electron chi connectivity index (χ3n) is 6.90. The number of benzene rings is 1. The number of hydrogen-bond acceptors (Lipinski definition) is 9. The molecule has 246 valence electrons. The Kier molecular flexibility index (Phi) is 13.5. The van der Waals surface area contributed by atoms with E-state index in [0.29, 0.717) is 25.8 Å². The summed E-state index contributed by atoms with van der Waals surface area (Å²) >= 11 is 0. The number of nitrogens with zero attached hydrogens (tertiary/aromatic N) is 1. The summed E-state index contributed by atoms with van der Waals surface area (Å²) in [7, 11) is 1.24. The van der Waals surface area contributed by atoms with Gasteiger partial charge >= 0.3 is 24.1 Å². The lowest BCUT2D eigenvalue weighted by molar-refractivity contribution is -0.154. The Labute approximate surface area is 260 Å². The number of ether oxygens (including phenoxy) is 4. The van der Waals surface area contributed by atoms with E-state index < -0.39 is 46.8 Å². The van der Waals surface area contributed by atoms with E-state index in [4.69, 9.17) is 18.9 Å². The summed E-state index contributed by atoms with van der Waals surface area (Å²) in [6.07, 6.45) is 0.403. The predicted molar refractivity (Wildman–Crippen MR) is 162 cm³/mol. The van der Waals surface area contributed by atoms with Crippen molar-refractivity contribution in [3.8, 4) is 0 Å². The molecule has 0 aliphatic carbocycles. The molecule has 1 aromatic carbocycles. The van der Waals surface area contributed by atoms with Gasteiger partial charge in [-0.25, -0.2) is 14.4 Å². The van der Waals surface area contributed by atoms with E-state index >= 15 is 0 Å². The van der Waals surface area contributed by atoms with Crippen LogP contribution in [-0.4, -0.2) is 78.4 Å². The molecule has 1 atom stereocenters. The number of piperidine rings is 1. The molecular formula is C32H49N3O9. The van der Waals surface area contributed by atoms with Crippen LogP contribution in [0.4, 0.5) is 9.59 Å². The predicted octanol–water partition coefficient (Wildman–Crippen LogP) is 4.49. The normalized spacial score (nSPS) is 15.4. The smallest absolute Gasteiger partial charge is 0.408 e. The summed E-state index contributed by atoms with van der Waals surface area (Å²) in [5.41, 5.74) is -1.87. The second-order valence-corrected chi connectivity index (χ2v) is 13.0. The number of esters is 2. The van der Waals surface area contributed by atoms with Gasteiger partial charge < -0.3 is 34.5 Å². The third kappa shape index (κ3) is 12.8. The highest BCUT2D eigenvalue weighted by Gasteiger charge is 2.46. The maximum atomic E-state index is 13.7. The van der Waals surface area contributed by atoms with Crippen molar-refractivity contribution in [2.45, 2.75) is 103 Å². The van der Waals surface area contributed by atoms with E-state index in [9.17, 15) is 24.0 Å². The van der Waals surface area contributed by atoms with Gasteiger partial charge in [-0.05, 0) is 72.8 Å². The molecule has 3 amide bonds. The van der Waals surface area contributed by atoms with Crippen LogP contribution in [0.5, 0.6) is 0 Å². The Morgan fingerprint density at radius 3 is 2.05 bits per heavy atom. The van der Waals surface area contributed by atoms with E-state index in [2.05, 4.69) is 10.6 Å². The van der Waals surface area contributed by atoms with Crippen molar-refractivity contribution in [3.63, 3.8) is 0 Å². The van der Waals surface area contributed by atoms with Crippen LogP contribution in [0.2, 0.25) is 0 Å². The van der Waals surface area contributed by atoms with Crippen molar-refractivity contribution in [2.24, 2.45) is 5.92 Å². The number of methoxy groups -OCH3 is 1. The maximum absolute atomic E-state index is 13.7. The fourth-order valence-electron chi connectivity index (χ4n) is 4.77. The van der Waals surface area contributed by atoms with Gasteiger partial charge in [0, 0.05) is 25.6 Å². The summed E-state index contributed by atoms with van der Waals surface area (Å²) < 4.78 is 21.0. The van der Waals surface area contributed by atoms with Crippen LogP contribution < -0.4 is 10.6 Å². The third-order valence-corrected chi connectivity index (χ3v) is 6.90. The lowest BCUT2D eigenvalue weighted by Gasteiger charge is -2.41. The topological polar surface area (TPSA) is 150 Å². The van der Waals surface area contributed by atoms with Crippen LogP contribution in [0.3, 0.4) is 0 Å². The Balaban J connectivity index is 2.04. The SMILES string of the molecule is COC(=O)C1(NC(=O)OC(C)(C)C)CCN(C(=O)[C@@H](CCCCNC(=O)OC(C)(C)C)CC(=O)OCc2ccccc2)CC1. The van der Waals surface area contributed by atoms with Gasteiger partial charge in [-0.2, -0.15) is 0 Å². The quantitative estimate of drug-likeness (QED) is 0.196. The van der Waals surface area contributed by atoms with Gasteiger partial charge in [0.2, 0.25) is 5.91 Å². The first-order valence-corrected chi connectivity index (χ1v) is 15.1. The standard InChI is InChI=1S/C32H49N3O9/c1-30(2,3)43-28(39)33-18-12-11-15-24(21-25(36)42-22-23-13-9-8-10-14-23)26(37)35-19-16-32(17-20-35,27(38)41-7)34-29(40)44-31(4,5)6/h8-10,13-14,24H,11-12,15-22H2,1-7H3,(H,33,39)(H,34,40)/t24-/m0/s1. The van der Waals surface area contributed by atoms with Crippen LogP contribution in [0.15, 0.2) is 30.3 Å². The van der Waals surface area contributed by atoms with Gasteiger partial charge in [0.1, 0.15) is 23.3 Å². The molecule has 0 bridgehead atoms. The van der Waals surface area contributed by atoms with E-state index in [0.717, 1.165) is 5.56 Å². The molecule has 1 heterocycles. The number of likely N-dealkylation sites (tertiary alicyclic amines) is 1. The molecule has 0 aromatic heterocycles. The summed E-state index contributed by atoms with van der Waals surface area (Å²) in [5.74, 6) is -2.01. The van der Waals surface area contributed by atoms with Gasteiger partial charge in [-0.1, -0.05) is 36.8 Å². The molecule has 1 fully saturated rings. The lowest BCUT2D eigenvalue weighted by atomic mass is 9.86. The second-order valence-electron chi connectivity index (χ2n) is 13.0. The van der Waals surface area contributed by atoms with E-state index in [1.807, 2.05) is 30.3 Å². The zero-order valence-corrected chi connectivity index (χ0v) is 27.2. The van der Waals surface area contributed by atoms with Crippen LogP contribution in [0.1, 0.15) is 85.6 Å². The zero-order chi connectivity index (χ0) is 33.0. The summed E-state index contributed by atoms with van der Waals surface area (Å²) in [5, 5.41) is 5.37. The van der Waals surface area contributed by atoms with E-state index in [1.165, 1.54) is 7.11 Å². The summed E-state index contributed by atoms with van der Waals surface area (Å²) in [6.45, 7) is 11.3. The number of amides is 3. The largest absolute Gasteiger partial charge is 0.467 e. The van der Waals surface area contributed by atoms with Crippen molar-refractivity contribution in [3.05, 3.63) is 35.9 Å². The molecule has 12 heteroatoms. The molecule has 0 radical (unpaired) electrons. The van der Waals surface area contributed by atoms with Crippen molar-refractivity contribution in [2.75, 3.05) is 26.7 Å². The van der Waals surface area contributed by atoms with Crippen LogP contribution in [0, 0.1) is 5.92 Å². The van der Waals surface area contributed by atoms with Gasteiger partial charge in [0.05, 0.1) is 13.5 Å². The minimum atomic E-state index is -1.34. The maximum Gasteiger partial charge on any atom is 0.408 e. The van der Waals surface area contributed by atoms with Crippen molar-refractivity contribution in [1.29, 1.82) is 0 Å². The molecule has 0 saturated carbocycles. The second kappa shape index (κ2) is 16.3. The number of rotatable bonds is 12. The van der Waals surface area contributed by atoms with E-state index in [1.54, 1.807) is 46.4 Å². The number of nitrogens with one attached hydrogen (secondary N) is 2. The molecule has 12 nitrogen and oxygen atoms in total. The summed E-state index contributed by atoms with van der Waals surface area (Å²) in [6, 6.07) is 9.26.